The molecular weight excluding hydrogens is 504 g/mol. The van der Waals surface area contributed by atoms with Crippen LogP contribution in [0, 0.1) is 32.1 Å². The lowest BCUT2D eigenvalue weighted by atomic mass is 9.99. The van der Waals surface area contributed by atoms with Crippen molar-refractivity contribution in [2.75, 3.05) is 18.6 Å². The quantitative estimate of drug-likeness (QED) is 0.278. The molecule has 1 fully saturated rings. The molecule has 2 aromatic carbocycles. The van der Waals surface area contributed by atoms with Crippen LogP contribution in [0.25, 0.3) is 11.3 Å². The number of rotatable bonds is 8. The number of halogens is 2. The highest BCUT2D eigenvalue weighted by Crippen LogP contribution is 2.44. The lowest BCUT2D eigenvalue weighted by Crippen LogP contribution is -2.29. The number of benzene rings is 2. The maximum absolute atomic E-state index is 6.62. The largest absolute Gasteiger partial charge is 0.496 e. The molecule has 166 valence electrons. The maximum Gasteiger partial charge on any atom is 0.187 e. The fourth-order valence-corrected chi connectivity index (χ4v) is 5.51. The van der Waals surface area contributed by atoms with E-state index in [0.717, 1.165) is 49.4 Å². The summed E-state index contributed by atoms with van der Waals surface area (Å²) in [6.45, 7) is 4.62. The highest BCUT2D eigenvalue weighted by atomic mass is 79.9. The second kappa shape index (κ2) is 9.87. The average Bonchev–Trinajstić information content (AvgIpc) is 3.52. The predicted molar refractivity (Wildman–Crippen MR) is 139 cm³/mol. The highest BCUT2D eigenvalue weighted by molar-refractivity contribution is 9.10. The molecule has 1 heterocycles. The molecule has 0 aliphatic heterocycles. The van der Waals surface area contributed by atoms with Crippen molar-refractivity contribution in [2.45, 2.75) is 39.2 Å². The van der Waals surface area contributed by atoms with Gasteiger partial charge in [-0.05, 0) is 61.6 Å². The number of methoxy groups -OCH3 is 1. The molecule has 32 heavy (non-hydrogen) atoms. The van der Waals surface area contributed by atoms with Crippen LogP contribution in [0.1, 0.15) is 41.3 Å². The predicted octanol–water partition coefficient (Wildman–Crippen LogP) is 7.83. The van der Waals surface area contributed by atoms with Crippen molar-refractivity contribution in [3.05, 3.63) is 61.9 Å². The number of terminal acetylenes is 1. The molecule has 0 bridgehead atoms. The summed E-state index contributed by atoms with van der Waals surface area (Å²) in [5.74, 6) is 4.40. The second-order valence-electron chi connectivity index (χ2n) is 8.28. The van der Waals surface area contributed by atoms with Gasteiger partial charge in [-0.25, -0.2) is 4.98 Å². The van der Waals surface area contributed by atoms with Crippen LogP contribution in [0.15, 0.2) is 40.9 Å². The van der Waals surface area contributed by atoms with Crippen LogP contribution in [0.3, 0.4) is 0 Å². The topological polar surface area (TPSA) is 25.4 Å². The van der Waals surface area contributed by atoms with Crippen LogP contribution in [-0.2, 0) is 0 Å². The van der Waals surface area contributed by atoms with Crippen LogP contribution in [-0.4, -0.2) is 18.6 Å². The van der Waals surface area contributed by atoms with Crippen LogP contribution < -0.4 is 9.64 Å². The minimum Gasteiger partial charge on any atom is -0.496 e. The minimum atomic E-state index is 0.193. The molecular formula is C26H26BrClN2OS. The van der Waals surface area contributed by atoms with Gasteiger partial charge in [-0.1, -0.05) is 58.4 Å². The van der Waals surface area contributed by atoms with E-state index in [1.807, 2.05) is 13.0 Å². The van der Waals surface area contributed by atoms with Gasteiger partial charge in [0.05, 0.1) is 30.4 Å². The molecule has 0 amide bonds. The number of nitrogens with zero attached hydrogens (tertiary/aromatic N) is 2. The Morgan fingerprint density at radius 3 is 2.62 bits per heavy atom. The van der Waals surface area contributed by atoms with E-state index in [9.17, 15) is 0 Å². The molecule has 4 rings (SSSR count). The van der Waals surface area contributed by atoms with E-state index in [4.69, 9.17) is 27.7 Å². The van der Waals surface area contributed by atoms with Gasteiger partial charge in [-0.15, -0.1) is 17.8 Å². The highest BCUT2D eigenvalue weighted by Gasteiger charge is 2.31. The van der Waals surface area contributed by atoms with E-state index in [1.165, 1.54) is 18.4 Å². The first-order valence-electron chi connectivity index (χ1n) is 10.7. The van der Waals surface area contributed by atoms with Gasteiger partial charge in [0.2, 0.25) is 0 Å². The zero-order valence-corrected chi connectivity index (χ0v) is 21.6. The Morgan fingerprint density at radius 1 is 1.28 bits per heavy atom. The Kier molecular flexibility index (Phi) is 7.14. The number of hydrogen-bond donors (Lipinski definition) is 0. The average molecular weight is 530 g/mol. The molecule has 1 aliphatic rings. The summed E-state index contributed by atoms with van der Waals surface area (Å²) in [4.78, 5) is 8.47. The normalized spacial score (nSPS) is 14.1. The van der Waals surface area contributed by atoms with Crippen molar-refractivity contribution in [1.29, 1.82) is 0 Å². The summed E-state index contributed by atoms with van der Waals surface area (Å²) in [6.07, 6.45) is 9.49. The summed E-state index contributed by atoms with van der Waals surface area (Å²) >= 11 is 11.9. The Bertz CT molecular complexity index is 1150. The van der Waals surface area contributed by atoms with E-state index in [-0.39, 0.29) is 6.04 Å². The Morgan fingerprint density at radius 2 is 2.00 bits per heavy atom. The van der Waals surface area contributed by atoms with Gasteiger partial charge in [0.15, 0.2) is 5.13 Å². The molecule has 1 unspecified atom stereocenters. The van der Waals surface area contributed by atoms with Crippen molar-refractivity contribution >= 4 is 44.0 Å². The molecule has 1 aliphatic carbocycles. The standard InChI is InChI=1S/C26H26BrClN2OS/c1-5-12-30(23(14-18-6-7-18)19-8-10-20(27)11-9-19)26-29-25(17(3)32-26)21-13-16(2)24(31-4)15-22(21)28/h1,8-11,13,15,18,23H,6-7,12,14H2,2-4H3. The lowest BCUT2D eigenvalue weighted by Gasteiger charge is -2.30. The number of aromatic nitrogens is 1. The van der Waals surface area contributed by atoms with Crippen LogP contribution in [0.2, 0.25) is 5.02 Å². The van der Waals surface area contributed by atoms with Gasteiger partial charge < -0.3 is 9.64 Å². The van der Waals surface area contributed by atoms with E-state index >= 15 is 0 Å². The third-order valence-electron chi connectivity index (χ3n) is 5.92. The molecule has 3 nitrogen and oxygen atoms in total. The zero-order chi connectivity index (χ0) is 22.8. The number of ether oxygens (including phenoxy) is 1. The molecule has 0 saturated heterocycles. The molecule has 0 N–H and O–H groups in total. The first-order valence-corrected chi connectivity index (χ1v) is 12.7. The number of aryl methyl sites for hydroxylation is 2. The van der Waals surface area contributed by atoms with E-state index in [0.29, 0.717) is 11.6 Å². The molecule has 0 spiro atoms. The van der Waals surface area contributed by atoms with Gasteiger partial charge in [0.25, 0.3) is 0 Å². The summed E-state index contributed by atoms with van der Waals surface area (Å²) < 4.78 is 6.49. The second-order valence-corrected chi connectivity index (χ2v) is 10.8. The molecule has 6 heteroatoms. The monoisotopic (exact) mass is 528 g/mol. The SMILES string of the molecule is C#CCN(c1nc(-c2cc(C)c(OC)cc2Cl)c(C)s1)C(CC1CC1)c1ccc(Br)cc1. The van der Waals surface area contributed by atoms with Crippen molar-refractivity contribution in [2.24, 2.45) is 5.92 Å². The van der Waals surface area contributed by atoms with E-state index < -0.39 is 0 Å². The van der Waals surface area contributed by atoms with Crippen LogP contribution in [0.4, 0.5) is 5.13 Å². The van der Waals surface area contributed by atoms with Gasteiger partial charge in [0, 0.05) is 14.9 Å². The van der Waals surface area contributed by atoms with Crippen LogP contribution in [0.5, 0.6) is 5.75 Å². The summed E-state index contributed by atoms with van der Waals surface area (Å²) in [5, 5.41) is 1.58. The Labute approximate surface area is 207 Å². The maximum atomic E-state index is 6.62. The fraction of sp³-hybridized carbons (Fsp3) is 0.346. The van der Waals surface area contributed by atoms with Crippen molar-refractivity contribution in [3.8, 4) is 29.4 Å². The third-order valence-corrected chi connectivity index (χ3v) is 7.77. The van der Waals surface area contributed by atoms with Crippen molar-refractivity contribution in [3.63, 3.8) is 0 Å². The summed E-state index contributed by atoms with van der Waals surface area (Å²) in [6, 6.07) is 12.7. The molecule has 1 saturated carbocycles. The van der Waals surface area contributed by atoms with Gasteiger partial charge in [-0.3, -0.25) is 0 Å². The first-order chi connectivity index (χ1) is 15.4. The van der Waals surface area contributed by atoms with E-state index in [2.05, 4.69) is 64.0 Å². The third kappa shape index (κ3) is 4.98. The zero-order valence-electron chi connectivity index (χ0n) is 18.5. The Hall–Kier alpha value is -2.00. The number of hydrogen-bond acceptors (Lipinski definition) is 4. The number of anilines is 1. The number of thiazole rings is 1. The van der Waals surface area contributed by atoms with Crippen LogP contribution >= 0.6 is 38.9 Å². The molecule has 0 radical (unpaired) electrons. The van der Waals surface area contributed by atoms with Crippen molar-refractivity contribution < 1.29 is 4.74 Å². The van der Waals surface area contributed by atoms with Crippen molar-refractivity contribution in [1.82, 2.24) is 4.98 Å². The summed E-state index contributed by atoms with van der Waals surface area (Å²) in [7, 11) is 1.66. The van der Waals surface area contributed by atoms with Gasteiger partial charge in [-0.2, -0.15) is 0 Å². The molecule has 1 atom stereocenters. The van der Waals surface area contributed by atoms with E-state index in [1.54, 1.807) is 18.4 Å². The minimum absolute atomic E-state index is 0.193. The smallest absolute Gasteiger partial charge is 0.187 e. The molecule has 1 aromatic heterocycles. The first kappa shape index (κ1) is 23.2. The lowest BCUT2D eigenvalue weighted by molar-refractivity contribution is 0.412. The fourth-order valence-electron chi connectivity index (χ4n) is 4.03. The molecule has 3 aromatic rings. The summed E-state index contributed by atoms with van der Waals surface area (Å²) in [5.41, 5.74) is 4.13. The Balaban J connectivity index is 1.75. The van der Waals surface area contributed by atoms with Gasteiger partial charge >= 0.3 is 0 Å². The van der Waals surface area contributed by atoms with Gasteiger partial charge in [0.1, 0.15) is 5.75 Å².